The summed E-state index contributed by atoms with van der Waals surface area (Å²) < 4.78 is 11.8. The van der Waals surface area contributed by atoms with Gasteiger partial charge in [-0.05, 0) is 43.7 Å². The Balaban J connectivity index is 1.35. The molecule has 0 bridgehead atoms. The third-order valence-electron chi connectivity index (χ3n) is 5.61. The van der Waals surface area contributed by atoms with Crippen LogP contribution < -0.4 is 4.74 Å². The molecule has 1 atom stereocenters. The Morgan fingerprint density at radius 3 is 2.84 bits per heavy atom. The maximum absolute atomic E-state index is 11.5. The lowest BCUT2D eigenvalue weighted by atomic mass is 10.1. The monoisotopic (exact) mass is 452 g/mol. The molecule has 0 saturated carbocycles. The van der Waals surface area contributed by atoms with Gasteiger partial charge in [-0.3, -0.25) is 9.69 Å². The normalized spacial score (nSPS) is 16.8. The fourth-order valence-corrected chi connectivity index (χ4v) is 4.87. The van der Waals surface area contributed by atoms with Crippen molar-refractivity contribution in [2.45, 2.75) is 32.9 Å². The van der Waals surface area contributed by atoms with E-state index in [0.717, 1.165) is 40.6 Å². The number of oxazole rings is 1. The molecule has 2 aromatic carbocycles. The highest BCUT2D eigenvalue weighted by molar-refractivity contribution is 7.99. The molecule has 0 radical (unpaired) electrons. The van der Waals surface area contributed by atoms with Gasteiger partial charge in [0.05, 0.1) is 12.3 Å². The van der Waals surface area contributed by atoms with Crippen LogP contribution in [0.3, 0.4) is 0 Å². The quantitative estimate of drug-likeness (QED) is 0.536. The summed E-state index contributed by atoms with van der Waals surface area (Å²) in [5, 5.41) is 9.48. The molecule has 1 N–H and O–H groups in total. The number of thioether (sulfide) groups is 1. The Morgan fingerprint density at radius 2 is 2.06 bits per heavy atom. The second-order valence-electron chi connectivity index (χ2n) is 8.03. The molecular weight excluding hydrogens is 424 g/mol. The fraction of sp³-hybridized carbons (Fsp3) is 0.360. The van der Waals surface area contributed by atoms with Crippen molar-refractivity contribution < 1.29 is 19.1 Å². The summed E-state index contributed by atoms with van der Waals surface area (Å²) in [5.41, 5.74) is 4.12. The first-order valence-corrected chi connectivity index (χ1v) is 11.9. The average molecular weight is 453 g/mol. The molecule has 1 fully saturated rings. The van der Waals surface area contributed by atoms with Gasteiger partial charge in [0.15, 0.2) is 0 Å². The van der Waals surface area contributed by atoms with E-state index in [-0.39, 0.29) is 0 Å². The molecule has 6 nitrogen and oxygen atoms in total. The van der Waals surface area contributed by atoms with E-state index in [4.69, 9.17) is 9.15 Å². The lowest BCUT2D eigenvalue weighted by Gasteiger charge is -2.32. The summed E-state index contributed by atoms with van der Waals surface area (Å²) in [6.45, 7) is 5.86. The molecule has 4 rings (SSSR count). The van der Waals surface area contributed by atoms with Crippen molar-refractivity contribution in [1.29, 1.82) is 0 Å². The van der Waals surface area contributed by atoms with Crippen LogP contribution in [0, 0.1) is 13.8 Å². The van der Waals surface area contributed by atoms with Gasteiger partial charge in [-0.15, -0.1) is 0 Å². The number of aromatic nitrogens is 1. The van der Waals surface area contributed by atoms with Crippen molar-refractivity contribution in [1.82, 2.24) is 9.88 Å². The summed E-state index contributed by atoms with van der Waals surface area (Å²) in [6.07, 6.45) is 0.649. The number of ether oxygens (including phenoxy) is 1. The summed E-state index contributed by atoms with van der Waals surface area (Å²) >= 11 is 1.70. The van der Waals surface area contributed by atoms with Crippen LogP contribution in [-0.2, 0) is 17.8 Å². The smallest absolute Gasteiger partial charge is 0.321 e. The first-order chi connectivity index (χ1) is 15.5. The zero-order valence-corrected chi connectivity index (χ0v) is 19.2. The van der Waals surface area contributed by atoms with Gasteiger partial charge in [0.2, 0.25) is 5.89 Å². The molecule has 1 unspecified atom stereocenters. The highest BCUT2D eigenvalue weighted by Crippen LogP contribution is 2.24. The molecule has 0 spiro atoms. The Kier molecular flexibility index (Phi) is 7.17. The molecule has 1 aromatic heterocycles. The van der Waals surface area contributed by atoms with Gasteiger partial charge in [0, 0.05) is 36.6 Å². The van der Waals surface area contributed by atoms with Crippen molar-refractivity contribution in [3.8, 4) is 17.2 Å². The molecule has 1 aliphatic heterocycles. The molecule has 2 heterocycles. The number of carboxylic acids is 1. The van der Waals surface area contributed by atoms with E-state index in [9.17, 15) is 9.90 Å². The van der Waals surface area contributed by atoms with Crippen LogP contribution in [0.25, 0.3) is 11.5 Å². The minimum absolute atomic E-state index is 0.434. The van der Waals surface area contributed by atoms with Crippen molar-refractivity contribution in [3.05, 3.63) is 71.1 Å². The highest BCUT2D eigenvalue weighted by atomic mass is 32.2. The number of benzene rings is 2. The zero-order valence-electron chi connectivity index (χ0n) is 18.4. The molecule has 3 aromatic rings. The number of rotatable bonds is 8. The van der Waals surface area contributed by atoms with Crippen LogP contribution in [0.5, 0.6) is 5.75 Å². The maximum atomic E-state index is 11.5. The first kappa shape index (κ1) is 22.4. The van der Waals surface area contributed by atoms with E-state index in [0.29, 0.717) is 31.2 Å². The largest absolute Gasteiger partial charge is 0.493 e. The van der Waals surface area contributed by atoms with Crippen molar-refractivity contribution in [3.63, 3.8) is 0 Å². The van der Waals surface area contributed by atoms with Gasteiger partial charge in [-0.2, -0.15) is 11.8 Å². The van der Waals surface area contributed by atoms with E-state index >= 15 is 0 Å². The van der Waals surface area contributed by atoms with Gasteiger partial charge in [-0.1, -0.05) is 29.8 Å². The van der Waals surface area contributed by atoms with Gasteiger partial charge in [0.25, 0.3) is 0 Å². The van der Waals surface area contributed by atoms with Crippen LogP contribution in [0.15, 0.2) is 52.9 Å². The molecule has 0 aliphatic carbocycles. The van der Waals surface area contributed by atoms with Crippen LogP contribution >= 0.6 is 11.8 Å². The minimum Gasteiger partial charge on any atom is -0.493 e. The third kappa shape index (κ3) is 5.53. The van der Waals surface area contributed by atoms with Gasteiger partial charge < -0.3 is 14.3 Å². The number of hydrogen-bond acceptors (Lipinski definition) is 6. The molecule has 168 valence electrons. The predicted octanol–water partition coefficient (Wildman–Crippen LogP) is 4.58. The lowest BCUT2D eigenvalue weighted by molar-refractivity contribution is -0.142. The predicted molar refractivity (Wildman–Crippen MR) is 126 cm³/mol. The summed E-state index contributed by atoms with van der Waals surface area (Å²) in [5.74, 6) is 3.06. The van der Waals surface area contributed by atoms with Gasteiger partial charge in [-0.25, -0.2) is 4.98 Å². The van der Waals surface area contributed by atoms with E-state index < -0.39 is 12.0 Å². The number of nitrogens with zero attached hydrogens (tertiary/aromatic N) is 2. The van der Waals surface area contributed by atoms with E-state index in [1.807, 2.05) is 60.4 Å². The van der Waals surface area contributed by atoms with E-state index in [1.165, 1.54) is 5.56 Å². The Bertz CT molecular complexity index is 1060. The fourth-order valence-electron chi connectivity index (χ4n) is 3.77. The molecule has 32 heavy (non-hydrogen) atoms. The highest BCUT2D eigenvalue weighted by Gasteiger charge is 2.28. The molecule has 7 heteroatoms. The number of carboxylic acid groups (broad SMARTS) is 1. The van der Waals surface area contributed by atoms with E-state index in [1.54, 1.807) is 11.8 Å². The average Bonchev–Trinajstić information content (AvgIpc) is 3.15. The topological polar surface area (TPSA) is 75.8 Å². The number of aliphatic carboxylic acids is 1. The summed E-state index contributed by atoms with van der Waals surface area (Å²) in [6, 6.07) is 15.6. The maximum Gasteiger partial charge on any atom is 0.321 e. The second kappa shape index (κ2) is 10.2. The lowest BCUT2D eigenvalue weighted by Crippen LogP contribution is -2.46. The van der Waals surface area contributed by atoms with E-state index in [2.05, 4.69) is 11.9 Å². The van der Waals surface area contributed by atoms with Gasteiger partial charge in [0.1, 0.15) is 17.6 Å². The number of hydrogen-bond donors (Lipinski definition) is 1. The SMILES string of the molecule is Cc1ccc(-c2nc(CCOc3cccc(CN4CCSCC4C(=O)O)c3)c(C)o2)cc1. The third-order valence-corrected chi connectivity index (χ3v) is 6.63. The molecular formula is C25H28N2O4S. The number of aryl methyl sites for hydroxylation is 2. The second-order valence-corrected chi connectivity index (χ2v) is 9.18. The standard InChI is InChI=1S/C25H28N2O4S/c1-17-6-8-20(9-7-17)24-26-22(18(2)31-24)10-12-30-21-5-3-4-19(14-21)15-27-11-13-32-16-23(27)25(28)29/h3-9,14,23H,10-13,15-16H2,1-2H3,(H,28,29). The van der Waals surface area contributed by atoms with Crippen molar-refractivity contribution in [2.75, 3.05) is 24.7 Å². The molecule has 1 saturated heterocycles. The first-order valence-electron chi connectivity index (χ1n) is 10.8. The summed E-state index contributed by atoms with van der Waals surface area (Å²) in [7, 11) is 0. The van der Waals surface area contributed by atoms with Crippen molar-refractivity contribution >= 4 is 17.7 Å². The van der Waals surface area contributed by atoms with Gasteiger partial charge >= 0.3 is 5.97 Å². The minimum atomic E-state index is -0.752. The van der Waals surface area contributed by atoms with Crippen LogP contribution in [0.1, 0.15) is 22.6 Å². The Morgan fingerprint density at radius 1 is 1.25 bits per heavy atom. The Labute approximate surface area is 192 Å². The van der Waals surface area contributed by atoms with Crippen LogP contribution in [-0.4, -0.2) is 51.7 Å². The Hall–Kier alpha value is -2.77. The van der Waals surface area contributed by atoms with Crippen LogP contribution in [0.2, 0.25) is 0 Å². The van der Waals surface area contributed by atoms with Crippen LogP contribution in [0.4, 0.5) is 0 Å². The zero-order chi connectivity index (χ0) is 22.5. The molecule has 1 aliphatic rings. The molecule has 0 amide bonds. The summed E-state index contributed by atoms with van der Waals surface area (Å²) in [4.78, 5) is 18.2. The van der Waals surface area contributed by atoms with Crippen molar-refractivity contribution in [2.24, 2.45) is 0 Å². The number of carbonyl (C=O) groups is 1.